The lowest BCUT2D eigenvalue weighted by atomic mass is 10.1. The van der Waals surface area contributed by atoms with Gasteiger partial charge in [-0.15, -0.1) is 0 Å². The highest BCUT2D eigenvalue weighted by molar-refractivity contribution is 5.87. The van der Waals surface area contributed by atoms with Crippen molar-refractivity contribution >= 4 is 22.9 Å². The van der Waals surface area contributed by atoms with Crippen molar-refractivity contribution in [1.29, 1.82) is 0 Å². The Labute approximate surface area is 104 Å². The minimum Gasteiger partial charge on any atom is -0.478 e. The molecule has 1 aromatic heterocycles. The van der Waals surface area contributed by atoms with Crippen molar-refractivity contribution in [3.8, 4) is 0 Å². The van der Waals surface area contributed by atoms with Gasteiger partial charge in [-0.2, -0.15) is 0 Å². The zero-order chi connectivity index (χ0) is 13.1. The van der Waals surface area contributed by atoms with Crippen LogP contribution in [0.25, 0.3) is 17.0 Å². The number of carboxylic acids is 1. The van der Waals surface area contributed by atoms with E-state index in [2.05, 4.69) is 0 Å². The van der Waals surface area contributed by atoms with E-state index in [0.717, 1.165) is 17.0 Å². The van der Waals surface area contributed by atoms with Crippen LogP contribution < -0.4 is 5.56 Å². The molecule has 2 aromatic rings. The first-order valence-electron chi connectivity index (χ1n) is 5.67. The van der Waals surface area contributed by atoms with Crippen molar-refractivity contribution < 1.29 is 9.90 Å². The maximum atomic E-state index is 12.1. The fourth-order valence-electron chi connectivity index (χ4n) is 1.94. The molecule has 92 valence electrons. The number of carbonyl (C=O) groups is 1. The molecule has 18 heavy (non-hydrogen) atoms. The maximum Gasteiger partial charge on any atom is 0.328 e. The minimum atomic E-state index is -1.06. The van der Waals surface area contributed by atoms with E-state index < -0.39 is 5.97 Å². The quantitative estimate of drug-likeness (QED) is 0.840. The second-order valence-electron chi connectivity index (χ2n) is 3.88. The van der Waals surface area contributed by atoms with Gasteiger partial charge >= 0.3 is 5.97 Å². The highest BCUT2D eigenvalue weighted by Crippen LogP contribution is 2.13. The molecule has 0 amide bonds. The first kappa shape index (κ1) is 12.1. The van der Waals surface area contributed by atoms with Crippen LogP contribution in [0, 0.1) is 0 Å². The van der Waals surface area contributed by atoms with Crippen molar-refractivity contribution in [2.24, 2.45) is 0 Å². The van der Waals surface area contributed by atoms with Gasteiger partial charge in [-0.25, -0.2) is 4.79 Å². The van der Waals surface area contributed by atoms with Gasteiger partial charge in [-0.3, -0.25) is 4.79 Å². The highest BCUT2D eigenvalue weighted by atomic mass is 16.4. The normalized spacial score (nSPS) is 11.2. The van der Waals surface area contributed by atoms with Crippen LogP contribution in [0.3, 0.4) is 0 Å². The van der Waals surface area contributed by atoms with E-state index in [-0.39, 0.29) is 5.56 Å². The first-order chi connectivity index (χ1) is 8.63. The van der Waals surface area contributed by atoms with E-state index in [0.29, 0.717) is 12.1 Å². The highest BCUT2D eigenvalue weighted by Gasteiger charge is 2.05. The monoisotopic (exact) mass is 243 g/mol. The van der Waals surface area contributed by atoms with E-state index in [4.69, 9.17) is 5.11 Å². The van der Waals surface area contributed by atoms with Gasteiger partial charge in [-0.05, 0) is 30.5 Å². The van der Waals surface area contributed by atoms with Crippen molar-refractivity contribution in [3.05, 3.63) is 52.3 Å². The van der Waals surface area contributed by atoms with Crippen molar-refractivity contribution in [2.45, 2.75) is 13.5 Å². The summed E-state index contributed by atoms with van der Waals surface area (Å²) in [6.07, 6.45) is 2.31. The summed E-state index contributed by atoms with van der Waals surface area (Å²) in [6, 6.07) is 9.26. The second-order valence-corrected chi connectivity index (χ2v) is 3.88. The predicted octanol–water partition coefficient (Wildman–Crippen LogP) is 2.12. The van der Waals surface area contributed by atoms with E-state index in [1.807, 2.05) is 31.2 Å². The van der Waals surface area contributed by atoms with Gasteiger partial charge < -0.3 is 9.67 Å². The van der Waals surface area contributed by atoms with Gasteiger partial charge in [0.1, 0.15) is 0 Å². The third-order valence-electron chi connectivity index (χ3n) is 2.75. The molecule has 0 atom stereocenters. The molecule has 0 aliphatic carbocycles. The lowest BCUT2D eigenvalue weighted by molar-refractivity contribution is -0.131. The largest absolute Gasteiger partial charge is 0.478 e. The molecule has 1 N–H and O–H groups in total. The van der Waals surface area contributed by atoms with Crippen molar-refractivity contribution in [1.82, 2.24) is 4.57 Å². The van der Waals surface area contributed by atoms with Crippen molar-refractivity contribution in [2.75, 3.05) is 0 Å². The molecule has 0 radical (unpaired) electrons. The number of hydrogen-bond acceptors (Lipinski definition) is 2. The Morgan fingerprint density at radius 3 is 2.78 bits per heavy atom. The number of pyridine rings is 1. The fraction of sp³-hybridized carbons (Fsp3) is 0.143. The number of para-hydroxylation sites is 1. The number of aromatic nitrogens is 1. The number of fused-ring (bicyclic) bond motifs is 1. The summed E-state index contributed by atoms with van der Waals surface area (Å²) in [4.78, 5) is 22.7. The van der Waals surface area contributed by atoms with Crippen molar-refractivity contribution in [3.63, 3.8) is 0 Å². The average Bonchev–Trinajstić information content (AvgIpc) is 2.36. The average molecular weight is 243 g/mol. The summed E-state index contributed by atoms with van der Waals surface area (Å²) in [5.41, 5.74) is 1.07. The molecule has 2 rings (SSSR count). The molecule has 0 aliphatic rings. The Morgan fingerprint density at radius 1 is 1.39 bits per heavy atom. The molecule has 0 spiro atoms. The van der Waals surface area contributed by atoms with Gasteiger partial charge in [-0.1, -0.05) is 18.2 Å². The van der Waals surface area contributed by atoms with Crippen LogP contribution >= 0.6 is 0 Å². The Morgan fingerprint density at radius 2 is 2.11 bits per heavy atom. The minimum absolute atomic E-state index is 0.172. The smallest absolute Gasteiger partial charge is 0.328 e. The van der Waals surface area contributed by atoms with E-state index >= 15 is 0 Å². The predicted molar refractivity (Wildman–Crippen MR) is 70.6 cm³/mol. The van der Waals surface area contributed by atoms with E-state index in [1.54, 1.807) is 10.6 Å². The number of rotatable bonds is 3. The Balaban J connectivity index is 2.73. The molecule has 1 heterocycles. The van der Waals surface area contributed by atoms with Gasteiger partial charge in [0.2, 0.25) is 0 Å². The van der Waals surface area contributed by atoms with Gasteiger partial charge in [0, 0.05) is 18.2 Å². The Kier molecular flexibility index (Phi) is 3.28. The molecule has 4 nitrogen and oxygen atoms in total. The summed E-state index contributed by atoms with van der Waals surface area (Å²) >= 11 is 0. The summed E-state index contributed by atoms with van der Waals surface area (Å²) in [5, 5.41) is 9.53. The SMILES string of the molecule is CCn1c(=O)c(/C=C/C(=O)O)cc2ccccc21. The molecule has 0 bridgehead atoms. The summed E-state index contributed by atoms with van der Waals surface area (Å²) in [5.74, 6) is -1.06. The molecule has 0 saturated carbocycles. The number of aryl methyl sites for hydroxylation is 1. The van der Waals surface area contributed by atoms with E-state index in [1.165, 1.54) is 6.08 Å². The third kappa shape index (κ3) is 2.18. The standard InChI is InChI=1S/C14H13NO3/c1-2-15-12-6-4-3-5-10(12)9-11(14(15)18)7-8-13(16)17/h3-9H,2H2,1H3,(H,16,17)/b8-7+. The lowest BCUT2D eigenvalue weighted by Crippen LogP contribution is -2.21. The first-order valence-corrected chi connectivity index (χ1v) is 5.67. The number of hydrogen-bond donors (Lipinski definition) is 1. The summed E-state index contributed by atoms with van der Waals surface area (Å²) < 4.78 is 1.64. The lowest BCUT2D eigenvalue weighted by Gasteiger charge is -2.08. The topological polar surface area (TPSA) is 59.3 Å². The molecule has 0 saturated heterocycles. The Bertz CT molecular complexity index is 683. The van der Waals surface area contributed by atoms with Crippen LogP contribution in [0.5, 0.6) is 0 Å². The van der Waals surface area contributed by atoms with E-state index in [9.17, 15) is 9.59 Å². The molecule has 4 heteroatoms. The second kappa shape index (κ2) is 4.87. The van der Waals surface area contributed by atoms with Gasteiger partial charge in [0.15, 0.2) is 0 Å². The van der Waals surface area contributed by atoms with Gasteiger partial charge in [0.25, 0.3) is 5.56 Å². The number of benzene rings is 1. The zero-order valence-electron chi connectivity index (χ0n) is 9.96. The van der Waals surface area contributed by atoms with Crippen LogP contribution in [0.1, 0.15) is 12.5 Å². The summed E-state index contributed by atoms with van der Waals surface area (Å²) in [6.45, 7) is 2.44. The van der Waals surface area contributed by atoms with Gasteiger partial charge in [0.05, 0.1) is 5.52 Å². The number of nitrogens with zero attached hydrogens (tertiary/aromatic N) is 1. The summed E-state index contributed by atoms with van der Waals surface area (Å²) in [7, 11) is 0. The van der Waals surface area contributed by atoms with Crippen LogP contribution in [0.15, 0.2) is 41.2 Å². The zero-order valence-corrected chi connectivity index (χ0v) is 9.96. The fourth-order valence-corrected chi connectivity index (χ4v) is 1.94. The molecule has 0 unspecified atom stereocenters. The third-order valence-corrected chi connectivity index (χ3v) is 2.75. The molecule has 0 aliphatic heterocycles. The van der Waals surface area contributed by atoms with Crippen LogP contribution in [-0.4, -0.2) is 15.6 Å². The maximum absolute atomic E-state index is 12.1. The number of carboxylic acid groups (broad SMARTS) is 1. The molecular formula is C14H13NO3. The number of aliphatic carboxylic acids is 1. The Hall–Kier alpha value is -2.36. The molecule has 0 fully saturated rings. The molecule has 1 aromatic carbocycles. The van der Waals surface area contributed by atoms with Crippen LogP contribution in [-0.2, 0) is 11.3 Å². The van der Waals surface area contributed by atoms with Crippen LogP contribution in [0.2, 0.25) is 0 Å². The molecular weight excluding hydrogens is 230 g/mol. The van der Waals surface area contributed by atoms with Crippen LogP contribution in [0.4, 0.5) is 0 Å².